The Kier molecular flexibility index (Phi) is 44.8. The zero-order valence-corrected chi connectivity index (χ0v) is 87.6. The fourth-order valence-electron chi connectivity index (χ4n) is 11.3. The van der Waals surface area contributed by atoms with Gasteiger partial charge in [0.1, 0.15) is 93.4 Å². The molecule has 0 fully saturated rings. The van der Waals surface area contributed by atoms with Gasteiger partial charge in [0.25, 0.3) is 0 Å². The second-order valence-corrected chi connectivity index (χ2v) is 36.8. The van der Waals surface area contributed by atoms with Gasteiger partial charge < -0.3 is 0 Å². The van der Waals surface area contributed by atoms with Crippen LogP contribution in [0.5, 0.6) is 0 Å². The van der Waals surface area contributed by atoms with Crippen LogP contribution in [0.2, 0.25) is 0 Å². The quantitative estimate of drug-likeness (QED) is 0.158. The van der Waals surface area contributed by atoms with E-state index in [4.69, 9.17) is 0 Å². The van der Waals surface area contributed by atoms with Gasteiger partial charge in [-0.05, 0) is 35.8 Å². The number of nitrogens with zero attached hydrogens (tertiary/aromatic N) is 36. The minimum Gasteiger partial charge on any atom is -0.272 e. The molecule has 36 heteroatoms. The van der Waals surface area contributed by atoms with Gasteiger partial charge in [0, 0.05) is 123 Å². The first kappa shape index (κ1) is 114. The van der Waals surface area contributed by atoms with E-state index < -0.39 is 0 Å². The topological polar surface area (TPSA) is 388 Å². The number of hydrogen-bond acceptors (Lipinski definition) is 27. The number of aromatic nitrogens is 36. The maximum Gasteiger partial charge on any atom is 0.167 e. The number of rotatable bonds is 4. The molecule has 18 heterocycles. The second-order valence-electron chi connectivity index (χ2n) is 36.8. The predicted molar refractivity (Wildman–Crippen MR) is 534 cm³/mol. The average Bonchev–Trinajstić information content (AvgIpc) is 1.53. The van der Waals surface area contributed by atoms with Crippen LogP contribution >= 0.6 is 0 Å². The molecule has 0 saturated heterocycles. The summed E-state index contributed by atoms with van der Waals surface area (Å²) in [5, 5.41) is 60.1. The average molecular weight is 1820 g/mol. The zero-order chi connectivity index (χ0) is 101. The first-order valence-corrected chi connectivity index (χ1v) is 46.3. The smallest absolute Gasteiger partial charge is 0.167 e. The molecule has 18 aromatic heterocycles. The van der Waals surface area contributed by atoms with Gasteiger partial charge in [-0.1, -0.05) is 294 Å². The van der Waals surface area contributed by atoms with Crippen LogP contribution in [-0.2, 0) is 48.7 Å². The van der Waals surface area contributed by atoms with Crippen LogP contribution in [0, 0.1) is 0 Å². The van der Waals surface area contributed by atoms with E-state index in [1.54, 1.807) is 136 Å². The maximum absolute atomic E-state index is 4.40. The molecular formula is C97H154N36. The van der Waals surface area contributed by atoms with Crippen molar-refractivity contribution >= 4 is 50.6 Å². The molecule has 0 amide bonds. The summed E-state index contributed by atoms with van der Waals surface area (Å²) < 4.78 is 16.0. The number of fused-ring (bicyclic) bond motifs is 9. The third-order valence-corrected chi connectivity index (χ3v) is 18.9. The highest BCUT2D eigenvalue weighted by Crippen LogP contribution is 2.30. The summed E-state index contributed by atoms with van der Waals surface area (Å²) >= 11 is 0. The summed E-state index contributed by atoms with van der Waals surface area (Å²) in [6, 6.07) is 13.4. The fraction of sp³-hybridized carbons (Fsp3) is 0.536. The molecule has 0 N–H and O–H groups in total. The lowest BCUT2D eigenvalue weighted by Gasteiger charge is -2.21. The third kappa shape index (κ3) is 32.4. The Balaban J connectivity index is 0.000000379. The first-order chi connectivity index (χ1) is 62.9. The van der Waals surface area contributed by atoms with Crippen LogP contribution in [0.1, 0.15) is 348 Å². The van der Waals surface area contributed by atoms with Crippen LogP contribution in [0.4, 0.5) is 0 Å². The summed E-state index contributed by atoms with van der Waals surface area (Å²) in [7, 11) is 0. The van der Waals surface area contributed by atoms with Crippen molar-refractivity contribution in [2.24, 2.45) is 0 Å². The van der Waals surface area contributed by atoms with E-state index >= 15 is 0 Å². The largest absolute Gasteiger partial charge is 0.272 e. The van der Waals surface area contributed by atoms with Gasteiger partial charge in [-0.2, -0.15) is 14.7 Å². The molecule has 0 aliphatic carbocycles. The Morgan fingerprint density at radius 2 is 0.782 bits per heavy atom. The van der Waals surface area contributed by atoms with Crippen molar-refractivity contribution in [3.63, 3.8) is 0 Å². The molecule has 0 unspecified atom stereocenters. The highest BCUT2D eigenvalue weighted by atomic mass is 15.4. The van der Waals surface area contributed by atoms with Crippen LogP contribution in [0.3, 0.4) is 0 Å². The lowest BCUT2D eigenvalue weighted by molar-refractivity contribution is 0.488. The van der Waals surface area contributed by atoms with E-state index in [-0.39, 0.29) is 48.7 Å². The van der Waals surface area contributed by atoms with Crippen molar-refractivity contribution in [2.75, 3.05) is 0 Å². The predicted octanol–water partition coefficient (Wildman–Crippen LogP) is 20.8. The highest BCUT2D eigenvalue weighted by Gasteiger charge is 2.27. The van der Waals surface area contributed by atoms with E-state index in [1.165, 1.54) is 0 Å². The molecule has 18 rings (SSSR count). The Bertz CT molecular complexity index is 5710. The highest BCUT2D eigenvalue weighted by molar-refractivity contribution is 5.53. The summed E-state index contributed by atoms with van der Waals surface area (Å²) in [5.41, 5.74) is 13.8. The molecule has 0 radical (unpaired) electrons. The molecule has 0 atom stereocenters. The monoisotopic (exact) mass is 1820 g/mol. The molecule has 0 spiro atoms. The minimum absolute atomic E-state index is 0.00243. The van der Waals surface area contributed by atoms with E-state index in [0.29, 0.717) is 0 Å². The van der Waals surface area contributed by atoms with Crippen molar-refractivity contribution in [3.8, 4) is 0 Å². The molecule has 133 heavy (non-hydrogen) atoms. The van der Waals surface area contributed by atoms with Gasteiger partial charge in [0.15, 0.2) is 45.4 Å². The van der Waals surface area contributed by atoms with Crippen molar-refractivity contribution < 1.29 is 0 Å². The van der Waals surface area contributed by atoms with Crippen molar-refractivity contribution in [3.05, 3.63) is 219 Å². The minimum atomic E-state index is -0.00792. The molecule has 0 aromatic carbocycles. The Morgan fingerprint density at radius 1 is 0.301 bits per heavy atom. The fourth-order valence-corrected chi connectivity index (χ4v) is 11.3. The van der Waals surface area contributed by atoms with Gasteiger partial charge in [-0.25, -0.2) is 77.9 Å². The molecule has 0 aliphatic heterocycles. The first-order valence-electron chi connectivity index (χ1n) is 46.3. The van der Waals surface area contributed by atoms with Crippen molar-refractivity contribution in [1.29, 1.82) is 0 Å². The normalized spacial score (nSPS) is 11.3. The van der Waals surface area contributed by atoms with Crippen LogP contribution < -0.4 is 0 Å². The maximum atomic E-state index is 4.40. The standard InChI is InChI=1S/2C10H14N4.7C9H12N4.7C2H6/c1-4-10(2,3)8-5-9-13-12-7-14(9)6-11-8;1-4-10(2,3)9-5-8-6-12-13-14(8)7-11-9;1-9(2,3)7-4-10-6-13-8(7)11-5-12-13;1-9(2,3)7-4-10-5-13-6-11-12-8(7)13;1-9(2,3)8-10-5-4-7-12-11-6-13(7)8;1-9(2,3)8-10-5-4-7-11-6-12-13(7)8;1-9(2,3)8-12-11-7-4-5-10-6-13(7)8;1-9(2,3)8-11-7-4-5-10-6-13(7)12-8;1-9(2,3)8-7-4-5-10-6-13(7)12-11-8;7*1-2/h2*5-7H,4H2,1-3H3;7*4-6H,1-3H3;7*1-2H3. The van der Waals surface area contributed by atoms with E-state index in [9.17, 15) is 0 Å². The Labute approximate surface area is 788 Å². The third-order valence-electron chi connectivity index (χ3n) is 18.9. The molecule has 0 aliphatic rings. The van der Waals surface area contributed by atoms with E-state index in [2.05, 4.69) is 323 Å². The lowest BCUT2D eigenvalue weighted by atomic mass is 9.86. The molecule has 722 valence electrons. The molecule has 18 aromatic rings. The second kappa shape index (κ2) is 52.3. The summed E-state index contributed by atoms with van der Waals surface area (Å²) in [6.45, 7) is 85.6. The lowest BCUT2D eigenvalue weighted by Crippen LogP contribution is -2.18. The Morgan fingerprint density at radius 3 is 1.36 bits per heavy atom. The molecule has 36 nitrogen and oxygen atoms in total. The van der Waals surface area contributed by atoms with Crippen LogP contribution in [-0.4, -0.2) is 177 Å². The Hall–Kier alpha value is -13.1. The van der Waals surface area contributed by atoms with Gasteiger partial charge in [-0.15, -0.1) is 56.1 Å². The van der Waals surface area contributed by atoms with E-state index in [1.807, 2.05) is 169 Å². The molecule has 0 bridgehead atoms. The van der Waals surface area contributed by atoms with Gasteiger partial charge in [0.05, 0.1) is 34.3 Å². The molecule has 0 saturated carbocycles. The van der Waals surface area contributed by atoms with Gasteiger partial charge >= 0.3 is 0 Å². The van der Waals surface area contributed by atoms with Crippen LogP contribution in [0.25, 0.3) is 50.6 Å². The summed E-state index contributed by atoms with van der Waals surface area (Å²) in [4.78, 5) is 50.4. The SMILES string of the molecule is CC.CC.CC.CC.CC.CC.CC.CC(C)(C)c1cncn2cnnc12.CC(C)(C)c1cncn2ncnc12.CC(C)(C)c1nc2ccncn2n1.CC(C)(C)c1nccc2ncnn12.CC(C)(C)c1nccc2nncn12.CC(C)(C)c1nnc2ccncn12.CC(C)(C)c1nnn2cnccc12.CCC(C)(C)c1cc2cnnn2cn1.CCC(C)(C)c1cc2nncn2cn1. The number of hydrogen-bond donors (Lipinski definition) is 0. The van der Waals surface area contributed by atoms with Crippen molar-refractivity contribution in [2.45, 2.75) is 345 Å². The van der Waals surface area contributed by atoms with Crippen molar-refractivity contribution in [1.82, 2.24) is 177 Å². The zero-order valence-electron chi connectivity index (χ0n) is 87.6. The summed E-state index contributed by atoms with van der Waals surface area (Å²) in [6.07, 6.45) is 36.4. The van der Waals surface area contributed by atoms with E-state index in [0.717, 1.165) is 115 Å². The molecular weight excluding hydrogens is 1670 g/mol. The van der Waals surface area contributed by atoms with Crippen LogP contribution in [0.15, 0.2) is 168 Å². The van der Waals surface area contributed by atoms with Gasteiger partial charge in [-0.3, -0.25) is 17.6 Å². The van der Waals surface area contributed by atoms with Gasteiger partial charge in [0.2, 0.25) is 0 Å². The summed E-state index contributed by atoms with van der Waals surface area (Å²) in [5.74, 6) is 3.70.